The summed E-state index contributed by atoms with van der Waals surface area (Å²) in [4.78, 5) is 0. The minimum atomic E-state index is -3.33. The van der Waals surface area contributed by atoms with Crippen LogP contribution in [-0.2, 0) is 10.2 Å². The van der Waals surface area contributed by atoms with Gasteiger partial charge in [0.05, 0.1) is 0 Å². The van der Waals surface area contributed by atoms with E-state index in [2.05, 4.69) is 17.0 Å². The average molecular weight is 297 g/mol. The van der Waals surface area contributed by atoms with E-state index in [1.807, 2.05) is 13.2 Å². The molecule has 0 bridgehead atoms. The van der Waals surface area contributed by atoms with Crippen LogP contribution in [0.1, 0.15) is 26.7 Å². The van der Waals surface area contributed by atoms with Crippen molar-refractivity contribution >= 4 is 22.0 Å². The number of hydrogen-bond donors (Lipinski definition) is 2. The normalized spacial score (nSPS) is 14.1. The van der Waals surface area contributed by atoms with Crippen LogP contribution < -0.4 is 10.0 Å². The number of nitrogens with one attached hydrogen (secondary N) is 2. The van der Waals surface area contributed by atoms with Crippen LogP contribution in [0.4, 0.5) is 0 Å². The first-order chi connectivity index (χ1) is 8.44. The Morgan fingerprint density at radius 2 is 2.00 bits per heavy atom. The Kier molecular flexibility index (Phi) is 10.1. The lowest BCUT2D eigenvalue weighted by Gasteiger charge is -2.20. The highest BCUT2D eigenvalue weighted by atomic mass is 32.2. The molecule has 0 radical (unpaired) electrons. The Morgan fingerprint density at radius 3 is 2.56 bits per heavy atom. The molecule has 0 aliphatic carbocycles. The van der Waals surface area contributed by atoms with E-state index in [0.717, 1.165) is 31.7 Å². The zero-order valence-electron chi connectivity index (χ0n) is 11.9. The molecule has 0 aromatic carbocycles. The first-order valence-corrected chi connectivity index (χ1v) is 9.20. The van der Waals surface area contributed by atoms with Gasteiger partial charge in [0.2, 0.25) is 0 Å². The fourth-order valence-corrected chi connectivity index (χ4v) is 3.31. The lowest BCUT2D eigenvalue weighted by Crippen LogP contribution is -2.44. The molecule has 0 aliphatic rings. The summed E-state index contributed by atoms with van der Waals surface area (Å²) < 4.78 is 27.9. The van der Waals surface area contributed by atoms with Crippen LogP contribution in [-0.4, -0.2) is 57.5 Å². The van der Waals surface area contributed by atoms with Crippen molar-refractivity contribution in [3.63, 3.8) is 0 Å². The van der Waals surface area contributed by atoms with E-state index in [1.165, 1.54) is 4.31 Å². The number of thioether (sulfide) groups is 1. The molecule has 0 saturated heterocycles. The summed E-state index contributed by atoms with van der Waals surface area (Å²) in [6.07, 6.45) is 3.89. The van der Waals surface area contributed by atoms with E-state index in [9.17, 15) is 8.42 Å². The first kappa shape index (κ1) is 18.2. The van der Waals surface area contributed by atoms with Gasteiger partial charge in [0.1, 0.15) is 0 Å². The third-order valence-electron chi connectivity index (χ3n) is 2.43. The Labute approximate surface area is 116 Å². The average Bonchev–Trinajstić information content (AvgIpc) is 2.28. The third kappa shape index (κ3) is 8.31. The zero-order chi connectivity index (χ0) is 14.0. The quantitative estimate of drug-likeness (QED) is 0.556. The number of rotatable bonds is 11. The zero-order valence-corrected chi connectivity index (χ0v) is 13.5. The van der Waals surface area contributed by atoms with Crippen LogP contribution in [0.5, 0.6) is 0 Å². The van der Waals surface area contributed by atoms with Gasteiger partial charge in [-0.05, 0) is 39.1 Å². The van der Waals surface area contributed by atoms with Crippen LogP contribution in [0.15, 0.2) is 0 Å². The molecule has 0 saturated carbocycles. The van der Waals surface area contributed by atoms with Crippen molar-refractivity contribution in [3.8, 4) is 0 Å². The molecule has 1 atom stereocenters. The lowest BCUT2D eigenvalue weighted by atomic mass is 10.4. The van der Waals surface area contributed by atoms with Gasteiger partial charge in [-0.1, -0.05) is 6.92 Å². The molecule has 7 heteroatoms. The molecule has 0 aromatic heterocycles. The molecule has 0 fully saturated rings. The number of nitrogens with zero attached hydrogens (tertiary/aromatic N) is 1. The van der Waals surface area contributed by atoms with Crippen molar-refractivity contribution < 1.29 is 8.42 Å². The van der Waals surface area contributed by atoms with Gasteiger partial charge in [-0.3, -0.25) is 0 Å². The van der Waals surface area contributed by atoms with Crippen LogP contribution >= 0.6 is 11.8 Å². The molecular formula is C11H27N3O2S2. The fourth-order valence-electron chi connectivity index (χ4n) is 1.48. The highest BCUT2D eigenvalue weighted by Crippen LogP contribution is 2.01. The maximum Gasteiger partial charge on any atom is 0.279 e. The Bertz CT molecular complexity index is 297. The maximum atomic E-state index is 11.9. The molecule has 0 aliphatic heterocycles. The van der Waals surface area contributed by atoms with E-state index in [1.54, 1.807) is 18.8 Å². The highest BCUT2D eigenvalue weighted by Gasteiger charge is 2.19. The van der Waals surface area contributed by atoms with Crippen molar-refractivity contribution in [2.45, 2.75) is 32.7 Å². The van der Waals surface area contributed by atoms with Crippen LogP contribution in [0.25, 0.3) is 0 Å². The van der Waals surface area contributed by atoms with E-state index >= 15 is 0 Å². The molecule has 2 N–H and O–H groups in total. The summed E-state index contributed by atoms with van der Waals surface area (Å²) in [5.41, 5.74) is 0. The summed E-state index contributed by atoms with van der Waals surface area (Å²) in [6, 6.07) is -0.0364. The summed E-state index contributed by atoms with van der Waals surface area (Å²) >= 11 is 1.63. The molecule has 5 nitrogen and oxygen atoms in total. The SMILES string of the molecule is CCCNCCCN(C)S(=O)(=O)NC(C)CSC. The molecule has 18 heavy (non-hydrogen) atoms. The van der Waals surface area contributed by atoms with Gasteiger partial charge in [0.25, 0.3) is 10.2 Å². The molecule has 0 rings (SSSR count). The minimum absolute atomic E-state index is 0.0364. The Balaban J connectivity index is 3.95. The summed E-state index contributed by atoms with van der Waals surface area (Å²) in [5.74, 6) is 0.783. The molecule has 110 valence electrons. The van der Waals surface area contributed by atoms with Gasteiger partial charge in [0.15, 0.2) is 0 Å². The molecule has 0 spiro atoms. The second-order valence-corrected chi connectivity index (χ2v) is 7.12. The molecule has 0 aromatic rings. The Morgan fingerprint density at radius 1 is 1.33 bits per heavy atom. The fraction of sp³-hybridized carbons (Fsp3) is 1.00. The van der Waals surface area contributed by atoms with E-state index in [-0.39, 0.29) is 6.04 Å². The predicted molar refractivity (Wildman–Crippen MR) is 80.3 cm³/mol. The van der Waals surface area contributed by atoms with Crippen LogP contribution in [0.3, 0.4) is 0 Å². The van der Waals surface area contributed by atoms with Crippen LogP contribution in [0, 0.1) is 0 Å². The van der Waals surface area contributed by atoms with Crippen molar-refractivity contribution in [3.05, 3.63) is 0 Å². The van der Waals surface area contributed by atoms with Crippen molar-refractivity contribution in [2.75, 3.05) is 38.7 Å². The van der Waals surface area contributed by atoms with Gasteiger partial charge in [-0.15, -0.1) is 0 Å². The largest absolute Gasteiger partial charge is 0.317 e. The monoisotopic (exact) mass is 297 g/mol. The summed E-state index contributed by atoms with van der Waals surface area (Å²) in [7, 11) is -1.71. The van der Waals surface area contributed by atoms with Gasteiger partial charge >= 0.3 is 0 Å². The first-order valence-electron chi connectivity index (χ1n) is 6.37. The summed E-state index contributed by atoms with van der Waals surface area (Å²) in [6.45, 7) is 6.37. The van der Waals surface area contributed by atoms with Crippen molar-refractivity contribution in [1.29, 1.82) is 0 Å². The minimum Gasteiger partial charge on any atom is -0.317 e. The summed E-state index contributed by atoms with van der Waals surface area (Å²) in [5, 5.41) is 3.26. The van der Waals surface area contributed by atoms with Gasteiger partial charge < -0.3 is 5.32 Å². The number of hydrogen-bond acceptors (Lipinski definition) is 4. The Hall–Kier alpha value is 0.180. The standard InChI is InChI=1S/C11H27N3O2S2/c1-5-7-12-8-6-9-14(3)18(15,16)13-11(2)10-17-4/h11-13H,5-10H2,1-4H3. The highest BCUT2D eigenvalue weighted by molar-refractivity contribution is 7.98. The van der Waals surface area contributed by atoms with Crippen molar-refractivity contribution in [1.82, 2.24) is 14.3 Å². The van der Waals surface area contributed by atoms with E-state index in [4.69, 9.17) is 0 Å². The van der Waals surface area contributed by atoms with Crippen molar-refractivity contribution in [2.24, 2.45) is 0 Å². The van der Waals surface area contributed by atoms with Crippen LogP contribution in [0.2, 0.25) is 0 Å². The van der Waals surface area contributed by atoms with E-state index < -0.39 is 10.2 Å². The smallest absolute Gasteiger partial charge is 0.279 e. The predicted octanol–water partition coefficient (Wildman–Crippen LogP) is 0.894. The second-order valence-electron chi connectivity index (χ2n) is 4.40. The molecular weight excluding hydrogens is 270 g/mol. The van der Waals surface area contributed by atoms with Gasteiger partial charge in [-0.2, -0.15) is 29.2 Å². The molecule has 1 unspecified atom stereocenters. The van der Waals surface area contributed by atoms with Gasteiger partial charge in [-0.25, -0.2) is 0 Å². The van der Waals surface area contributed by atoms with E-state index in [0.29, 0.717) is 6.54 Å². The molecule has 0 amide bonds. The van der Waals surface area contributed by atoms with Gasteiger partial charge in [0, 0.05) is 25.4 Å². The maximum absolute atomic E-state index is 11.9. The second kappa shape index (κ2) is 10.0. The lowest BCUT2D eigenvalue weighted by molar-refractivity contribution is 0.440. The molecule has 0 heterocycles. The topological polar surface area (TPSA) is 61.4 Å². The third-order valence-corrected chi connectivity index (χ3v) is 4.97.